The zero-order chi connectivity index (χ0) is 22.7. The monoisotopic (exact) mass is 424 g/mol. The van der Waals surface area contributed by atoms with E-state index in [9.17, 15) is 9.59 Å². The van der Waals surface area contributed by atoms with Crippen molar-refractivity contribution in [2.24, 2.45) is 0 Å². The van der Waals surface area contributed by atoms with Gasteiger partial charge in [0.2, 0.25) is 0 Å². The number of allylic oxidation sites excluding steroid dienone is 4. The van der Waals surface area contributed by atoms with Crippen LogP contribution in [0.3, 0.4) is 0 Å². The van der Waals surface area contributed by atoms with Gasteiger partial charge in [-0.15, -0.1) is 0 Å². The zero-order valence-electron chi connectivity index (χ0n) is 19.9. The molecule has 1 unspecified atom stereocenters. The van der Waals surface area contributed by atoms with Crippen LogP contribution in [-0.2, 0) is 14.3 Å². The number of aliphatic carboxylic acids is 1. The van der Waals surface area contributed by atoms with Gasteiger partial charge in [-0.1, -0.05) is 63.3 Å². The summed E-state index contributed by atoms with van der Waals surface area (Å²) in [6.07, 6.45) is 21.4. The summed E-state index contributed by atoms with van der Waals surface area (Å²) in [6, 6.07) is 0. The van der Waals surface area contributed by atoms with Crippen molar-refractivity contribution in [3.8, 4) is 0 Å². The van der Waals surface area contributed by atoms with Crippen LogP contribution in [0.1, 0.15) is 90.4 Å². The van der Waals surface area contributed by atoms with Gasteiger partial charge < -0.3 is 14.3 Å². The maximum absolute atomic E-state index is 12.0. The molecule has 0 radical (unpaired) electrons. The molecule has 0 saturated carbocycles. The number of carboxylic acids is 1. The summed E-state index contributed by atoms with van der Waals surface area (Å²) in [5.41, 5.74) is 0. The largest absolute Gasteiger partial charge is 0.481 e. The lowest BCUT2D eigenvalue weighted by molar-refractivity contribution is -0.873. The van der Waals surface area contributed by atoms with Crippen LogP contribution in [0.25, 0.3) is 0 Å². The molecule has 5 nitrogen and oxygen atoms in total. The lowest BCUT2D eigenvalue weighted by atomic mass is 10.1. The third kappa shape index (κ3) is 21.1. The number of carbonyl (C=O) groups excluding carboxylic acids is 1. The summed E-state index contributed by atoms with van der Waals surface area (Å²) in [7, 11) is 5.87. The molecule has 0 rings (SSSR count). The molecule has 0 bridgehead atoms. The Bertz CT molecular complexity index is 506. The number of hydrogen-bond acceptors (Lipinski definition) is 3. The van der Waals surface area contributed by atoms with E-state index in [2.05, 4.69) is 31.2 Å². The highest BCUT2D eigenvalue weighted by atomic mass is 16.5. The Balaban J connectivity index is 3.77. The van der Waals surface area contributed by atoms with Crippen molar-refractivity contribution in [2.75, 3.05) is 27.7 Å². The molecule has 0 heterocycles. The first-order chi connectivity index (χ1) is 14.2. The van der Waals surface area contributed by atoms with Gasteiger partial charge in [-0.25, -0.2) is 0 Å². The molecule has 0 aliphatic heterocycles. The Morgan fingerprint density at radius 3 is 2.00 bits per heavy atom. The van der Waals surface area contributed by atoms with Crippen LogP contribution in [0.2, 0.25) is 0 Å². The molecule has 0 amide bonds. The molecule has 0 spiro atoms. The van der Waals surface area contributed by atoms with E-state index in [0.717, 1.165) is 25.7 Å². The summed E-state index contributed by atoms with van der Waals surface area (Å²) in [4.78, 5) is 23.0. The zero-order valence-corrected chi connectivity index (χ0v) is 19.9. The Kier molecular flexibility index (Phi) is 17.2. The molecule has 0 fully saturated rings. The predicted octanol–water partition coefficient (Wildman–Crippen LogP) is 5.89. The van der Waals surface area contributed by atoms with Crippen molar-refractivity contribution in [1.29, 1.82) is 0 Å². The summed E-state index contributed by atoms with van der Waals surface area (Å²) >= 11 is 0. The summed E-state index contributed by atoms with van der Waals surface area (Å²) in [5.74, 6) is -1.23. The smallest absolute Gasteiger partial charge is 0.307 e. The number of carbonyl (C=O) groups is 2. The average Bonchev–Trinajstić information content (AvgIpc) is 2.63. The molecule has 1 N–H and O–H groups in total. The van der Waals surface area contributed by atoms with E-state index in [1.807, 2.05) is 21.1 Å². The average molecular weight is 425 g/mol. The standard InChI is InChI=1S/C25H45NO4/c1-5-6-7-8-9-10-11-12-13-14-15-16-17-18-19-20-25(29)30-23(21-24(27)28)22-26(2,3)4/h12-13,15-16,23H,5-11,14,17-22H2,1-4H3/p+1/b13-12+,16-15+. The molecule has 0 aromatic heterocycles. The van der Waals surface area contributed by atoms with Gasteiger partial charge in [0.05, 0.1) is 27.6 Å². The third-order valence-electron chi connectivity index (χ3n) is 4.78. The van der Waals surface area contributed by atoms with Gasteiger partial charge in [-0.2, -0.15) is 0 Å². The van der Waals surface area contributed by atoms with E-state index in [1.54, 1.807) is 0 Å². The molecule has 0 saturated heterocycles. The van der Waals surface area contributed by atoms with E-state index in [1.165, 1.54) is 44.9 Å². The fourth-order valence-corrected chi connectivity index (χ4v) is 3.27. The van der Waals surface area contributed by atoms with Crippen molar-refractivity contribution in [2.45, 2.75) is 96.5 Å². The number of rotatable bonds is 19. The van der Waals surface area contributed by atoms with Crippen LogP contribution in [0, 0.1) is 0 Å². The lowest BCUT2D eigenvalue weighted by Gasteiger charge is -2.28. The van der Waals surface area contributed by atoms with Crippen molar-refractivity contribution >= 4 is 11.9 Å². The van der Waals surface area contributed by atoms with E-state index >= 15 is 0 Å². The van der Waals surface area contributed by atoms with Gasteiger partial charge in [0.15, 0.2) is 6.10 Å². The predicted molar refractivity (Wildman–Crippen MR) is 124 cm³/mol. The first kappa shape index (κ1) is 28.4. The second kappa shape index (κ2) is 18.2. The molecule has 0 aromatic rings. The number of carboxylic acid groups (broad SMARTS) is 1. The fraction of sp³-hybridized carbons (Fsp3) is 0.760. The molecular formula is C25H46NO4+. The van der Waals surface area contributed by atoms with Crippen LogP contribution >= 0.6 is 0 Å². The maximum Gasteiger partial charge on any atom is 0.307 e. The van der Waals surface area contributed by atoms with E-state index < -0.39 is 12.1 Å². The first-order valence-corrected chi connectivity index (χ1v) is 11.8. The van der Waals surface area contributed by atoms with Crippen molar-refractivity contribution in [3.05, 3.63) is 24.3 Å². The molecule has 0 aliphatic rings. The second-order valence-corrected chi connectivity index (χ2v) is 9.16. The number of nitrogens with zero attached hydrogens (tertiary/aromatic N) is 1. The molecule has 1 atom stereocenters. The number of unbranched alkanes of at least 4 members (excludes halogenated alkanes) is 8. The Hall–Kier alpha value is -1.62. The minimum absolute atomic E-state index is 0.142. The van der Waals surface area contributed by atoms with E-state index in [0.29, 0.717) is 17.4 Å². The Morgan fingerprint density at radius 2 is 1.43 bits per heavy atom. The summed E-state index contributed by atoms with van der Waals surface area (Å²) in [5, 5.41) is 9.00. The molecule has 0 aliphatic carbocycles. The maximum atomic E-state index is 12.0. The molecule has 30 heavy (non-hydrogen) atoms. The van der Waals surface area contributed by atoms with Crippen molar-refractivity contribution in [1.82, 2.24) is 0 Å². The fourth-order valence-electron chi connectivity index (χ4n) is 3.27. The highest BCUT2D eigenvalue weighted by molar-refractivity contribution is 5.71. The molecular weight excluding hydrogens is 378 g/mol. The Labute approximate surface area is 184 Å². The van der Waals surface area contributed by atoms with Crippen LogP contribution in [-0.4, -0.2) is 55.3 Å². The highest BCUT2D eigenvalue weighted by Gasteiger charge is 2.24. The number of ether oxygens (including phenoxy) is 1. The Morgan fingerprint density at radius 1 is 0.867 bits per heavy atom. The van der Waals surface area contributed by atoms with Gasteiger partial charge in [-0.3, -0.25) is 9.59 Å². The van der Waals surface area contributed by atoms with Crippen LogP contribution in [0.4, 0.5) is 0 Å². The van der Waals surface area contributed by atoms with E-state index in [4.69, 9.17) is 9.84 Å². The SMILES string of the molecule is CCCCCCCC/C=C/C/C=C/CCCCC(=O)OC(CC(=O)O)C[N+](C)(C)C. The number of hydrogen-bond donors (Lipinski definition) is 1. The number of likely N-dealkylation sites (N-methyl/N-ethyl adjacent to an activating group) is 1. The van der Waals surface area contributed by atoms with Crippen LogP contribution in [0.5, 0.6) is 0 Å². The van der Waals surface area contributed by atoms with Gasteiger partial charge in [0.1, 0.15) is 6.54 Å². The lowest BCUT2D eigenvalue weighted by Crippen LogP contribution is -2.43. The summed E-state index contributed by atoms with van der Waals surface area (Å²) < 4.78 is 5.95. The quantitative estimate of drug-likeness (QED) is 0.121. The first-order valence-electron chi connectivity index (χ1n) is 11.8. The topological polar surface area (TPSA) is 63.6 Å². The molecule has 5 heteroatoms. The highest BCUT2D eigenvalue weighted by Crippen LogP contribution is 2.10. The van der Waals surface area contributed by atoms with Crippen molar-refractivity contribution in [3.63, 3.8) is 0 Å². The minimum Gasteiger partial charge on any atom is -0.481 e. The van der Waals surface area contributed by atoms with Gasteiger partial charge in [0, 0.05) is 6.42 Å². The molecule has 0 aromatic carbocycles. The molecule has 174 valence electrons. The number of esters is 1. The second-order valence-electron chi connectivity index (χ2n) is 9.16. The van der Waals surface area contributed by atoms with Crippen molar-refractivity contribution < 1.29 is 23.9 Å². The third-order valence-corrected chi connectivity index (χ3v) is 4.78. The normalized spacial score (nSPS) is 13.2. The van der Waals surface area contributed by atoms with Crippen LogP contribution in [0.15, 0.2) is 24.3 Å². The van der Waals surface area contributed by atoms with E-state index in [-0.39, 0.29) is 12.4 Å². The summed E-state index contributed by atoms with van der Waals surface area (Å²) in [6.45, 7) is 2.74. The van der Waals surface area contributed by atoms with Gasteiger partial charge in [0.25, 0.3) is 0 Å². The van der Waals surface area contributed by atoms with Crippen LogP contribution < -0.4 is 0 Å². The van der Waals surface area contributed by atoms with Gasteiger partial charge >= 0.3 is 11.9 Å². The number of quaternary nitrogens is 1. The minimum atomic E-state index is -0.938. The van der Waals surface area contributed by atoms with Gasteiger partial charge in [-0.05, 0) is 38.5 Å².